The fourth-order valence-corrected chi connectivity index (χ4v) is 4.60. The van der Waals surface area contributed by atoms with Gasteiger partial charge in [0.25, 0.3) is 0 Å². The first-order valence-corrected chi connectivity index (χ1v) is 9.56. The van der Waals surface area contributed by atoms with E-state index in [1.807, 2.05) is 0 Å². The van der Waals surface area contributed by atoms with E-state index in [-0.39, 0.29) is 23.1 Å². The van der Waals surface area contributed by atoms with Gasteiger partial charge < -0.3 is 4.74 Å². The van der Waals surface area contributed by atoms with Crippen LogP contribution in [0.1, 0.15) is 31.5 Å². The molecule has 0 spiro atoms. The Hall–Kier alpha value is -1.77. The minimum Gasteiger partial charge on any atom is -0.372 e. The number of fused-ring (bicyclic) bond motifs is 1. The number of rotatable bonds is 6. The third-order valence-corrected chi connectivity index (χ3v) is 6.50. The summed E-state index contributed by atoms with van der Waals surface area (Å²) in [6.07, 6.45) is 3.94. The highest BCUT2D eigenvalue weighted by Crippen LogP contribution is 2.53. The Morgan fingerprint density at radius 1 is 1.38 bits per heavy atom. The third kappa shape index (κ3) is 2.64. The molecule has 1 aliphatic carbocycles. The van der Waals surface area contributed by atoms with E-state index >= 15 is 0 Å². The monoisotopic (exact) mass is 348 g/mol. The number of nitrogens with zero attached hydrogens (tertiary/aromatic N) is 3. The van der Waals surface area contributed by atoms with Crippen molar-refractivity contribution in [3.05, 3.63) is 42.2 Å². The molecule has 2 aromatic rings. The van der Waals surface area contributed by atoms with E-state index in [0.717, 1.165) is 19.4 Å². The second-order valence-electron chi connectivity index (χ2n) is 6.65. The molecule has 128 valence electrons. The van der Waals surface area contributed by atoms with Crippen molar-refractivity contribution in [2.24, 2.45) is 5.92 Å². The normalized spacial score (nSPS) is 27.0. The highest BCUT2D eigenvalue weighted by molar-refractivity contribution is 7.89. The molecule has 3 heterocycles. The first-order chi connectivity index (χ1) is 11.5. The fourth-order valence-electron chi connectivity index (χ4n) is 3.58. The first-order valence-electron chi connectivity index (χ1n) is 8.08. The van der Waals surface area contributed by atoms with Gasteiger partial charge >= 0.3 is 0 Å². The van der Waals surface area contributed by atoms with Crippen molar-refractivity contribution < 1.29 is 13.2 Å². The third-order valence-electron chi connectivity index (χ3n) is 5.09. The molecule has 1 N–H and O–H groups in total. The van der Waals surface area contributed by atoms with Gasteiger partial charge in [-0.2, -0.15) is 0 Å². The van der Waals surface area contributed by atoms with E-state index in [2.05, 4.69) is 22.0 Å². The minimum absolute atomic E-state index is 0.100. The minimum atomic E-state index is -3.54. The van der Waals surface area contributed by atoms with Gasteiger partial charge in [0.2, 0.25) is 10.0 Å². The standard InChI is InChI=1S/C16H20N4O3S/c1-12(16-7-13(8-16)11-23-16)20-10-14(18-19-20)9-17-24(21,22)15-5-3-2-4-6-15/h2-6,10,12-13,17H,7-9,11H2,1H3. The Morgan fingerprint density at radius 3 is 2.79 bits per heavy atom. The molecule has 1 aromatic carbocycles. The molecule has 0 amide bonds. The van der Waals surface area contributed by atoms with E-state index < -0.39 is 10.0 Å². The van der Waals surface area contributed by atoms with Crippen molar-refractivity contribution in [2.75, 3.05) is 6.61 Å². The van der Waals surface area contributed by atoms with E-state index in [0.29, 0.717) is 11.6 Å². The summed E-state index contributed by atoms with van der Waals surface area (Å²) in [6, 6.07) is 8.39. The largest absolute Gasteiger partial charge is 0.372 e. The van der Waals surface area contributed by atoms with Crippen LogP contribution in [0.2, 0.25) is 0 Å². The van der Waals surface area contributed by atoms with E-state index in [9.17, 15) is 8.42 Å². The Balaban J connectivity index is 1.42. The van der Waals surface area contributed by atoms with Gasteiger partial charge in [-0.05, 0) is 37.8 Å². The van der Waals surface area contributed by atoms with Gasteiger partial charge in [0.15, 0.2) is 0 Å². The van der Waals surface area contributed by atoms with Gasteiger partial charge in [-0.1, -0.05) is 23.4 Å². The average molecular weight is 348 g/mol. The van der Waals surface area contributed by atoms with Crippen LogP contribution in [0.3, 0.4) is 0 Å². The number of nitrogens with one attached hydrogen (secondary N) is 1. The molecule has 1 unspecified atom stereocenters. The summed E-state index contributed by atoms with van der Waals surface area (Å²) in [7, 11) is -3.54. The molecule has 0 radical (unpaired) electrons. The maximum absolute atomic E-state index is 12.2. The molecule has 8 heteroatoms. The predicted molar refractivity (Wildman–Crippen MR) is 86.6 cm³/mol. The van der Waals surface area contributed by atoms with Crippen molar-refractivity contribution in [1.82, 2.24) is 19.7 Å². The molecule has 1 atom stereocenters. The summed E-state index contributed by atoms with van der Waals surface area (Å²) in [5.74, 6) is 0.688. The zero-order valence-electron chi connectivity index (χ0n) is 13.4. The summed E-state index contributed by atoms with van der Waals surface area (Å²) in [4.78, 5) is 0.240. The van der Waals surface area contributed by atoms with Crippen LogP contribution in [0.15, 0.2) is 41.4 Å². The Bertz CT molecular complexity index is 823. The van der Waals surface area contributed by atoms with Crippen molar-refractivity contribution >= 4 is 10.0 Å². The van der Waals surface area contributed by atoms with Crippen molar-refractivity contribution in [3.63, 3.8) is 0 Å². The SMILES string of the molecule is CC(n1cc(CNS(=O)(=O)c2ccccc2)nn1)C12CC(CO1)C2. The lowest BCUT2D eigenvalue weighted by Crippen LogP contribution is -2.44. The van der Waals surface area contributed by atoms with Crippen LogP contribution >= 0.6 is 0 Å². The molecule has 1 aromatic heterocycles. The van der Waals surface area contributed by atoms with Gasteiger partial charge in [0.05, 0.1) is 41.6 Å². The molecule has 24 heavy (non-hydrogen) atoms. The molecule has 2 aliphatic heterocycles. The van der Waals surface area contributed by atoms with Crippen LogP contribution in [-0.4, -0.2) is 35.6 Å². The number of sulfonamides is 1. The zero-order chi connectivity index (χ0) is 16.8. The van der Waals surface area contributed by atoms with Gasteiger partial charge in [0, 0.05) is 0 Å². The van der Waals surface area contributed by atoms with Gasteiger partial charge in [-0.15, -0.1) is 5.10 Å². The molecular weight excluding hydrogens is 328 g/mol. The van der Waals surface area contributed by atoms with Crippen LogP contribution in [-0.2, 0) is 21.3 Å². The van der Waals surface area contributed by atoms with Crippen LogP contribution < -0.4 is 4.72 Å². The molecular formula is C16H20N4O3S. The number of hydrogen-bond acceptors (Lipinski definition) is 5. The van der Waals surface area contributed by atoms with Crippen molar-refractivity contribution in [1.29, 1.82) is 0 Å². The Morgan fingerprint density at radius 2 is 2.12 bits per heavy atom. The smallest absolute Gasteiger partial charge is 0.240 e. The number of aromatic nitrogens is 3. The topological polar surface area (TPSA) is 86.1 Å². The van der Waals surface area contributed by atoms with Crippen LogP contribution in [0, 0.1) is 5.92 Å². The van der Waals surface area contributed by atoms with Gasteiger partial charge in [-0.3, -0.25) is 0 Å². The second kappa shape index (κ2) is 5.65. The second-order valence-corrected chi connectivity index (χ2v) is 8.42. The maximum atomic E-state index is 12.2. The van der Waals surface area contributed by atoms with Crippen LogP contribution in [0.4, 0.5) is 0 Å². The zero-order valence-corrected chi connectivity index (χ0v) is 14.2. The summed E-state index contributed by atoms with van der Waals surface area (Å²) in [5, 5.41) is 8.24. The lowest BCUT2D eigenvalue weighted by atomic mass is 9.71. The molecule has 7 nitrogen and oxygen atoms in total. The highest BCUT2D eigenvalue weighted by atomic mass is 32.2. The predicted octanol–water partition coefficient (Wildman–Crippen LogP) is 1.50. The van der Waals surface area contributed by atoms with E-state index in [1.54, 1.807) is 41.2 Å². The summed E-state index contributed by atoms with van der Waals surface area (Å²) >= 11 is 0. The van der Waals surface area contributed by atoms with E-state index in [1.165, 1.54) is 0 Å². The molecule has 2 bridgehead atoms. The molecule has 1 saturated carbocycles. The Labute approximate surface area is 141 Å². The average Bonchev–Trinajstić information content (AvgIpc) is 3.28. The number of benzene rings is 1. The molecule has 5 rings (SSSR count). The number of ether oxygens (including phenoxy) is 1. The first kappa shape index (κ1) is 15.7. The van der Waals surface area contributed by atoms with E-state index in [4.69, 9.17) is 4.74 Å². The molecule has 3 fully saturated rings. The molecule has 3 aliphatic rings. The Kier molecular flexibility index (Phi) is 3.70. The van der Waals surface area contributed by atoms with Gasteiger partial charge in [-0.25, -0.2) is 17.8 Å². The quantitative estimate of drug-likeness (QED) is 0.855. The van der Waals surface area contributed by atoms with Crippen molar-refractivity contribution in [2.45, 2.75) is 42.8 Å². The maximum Gasteiger partial charge on any atom is 0.240 e. The van der Waals surface area contributed by atoms with Gasteiger partial charge in [0.1, 0.15) is 0 Å². The summed E-state index contributed by atoms with van der Waals surface area (Å²) < 4.78 is 34.7. The number of hydrogen-bond donors (Lipinski definition) is 1. The fraction of sp³-hybridized carbons (Fsp3) is 0.500. The molecule has 2 saturated heterocycles. The summed E-state index contributed by atoms with van der Waals surface area (Å²) in [6.45, 7) is 3.03. The van der Waals surface area contributed by atoms with Crippen LogP contribution in [0.25, 0.3) is 0 Å². The lowest BCUT2D eigenvalue weighted by Gasteiger charge is -2.40. The van der Waals surface area contributed by atoms with Crippen LogP contribution in [0.5, 0.6) is 0 Å². The lowest BCUT2D eigenvalue weighted by molar-refractivity contribution is -0.0434. The summed E-state index contributed by atoms with van der Waals surface area (Å²) in [5.41, 5.74) is 0.478. The van der Waals surface area contributed by atoms with Crippen molar-refractivity contribution in [3.8, 4) is 0 Å². The highest BCUT2D eigenvalue weighted by Gasteiger charge is 2.56.